The number of amides is 1. The van der Waals surface area contributed by atoms with E-state index in [1.165, 1.54) is 19.1 Å². The lowest BCUT2D eigenvalue weighted by molar-refractivity contribution is -0.120. The Balaban J connectivity index is 1.76. The standard InChI is InChI=1S/C16H23FN2O4S/c1-12-10-14(5-6-15(12)17)24(21,22)19-11-16(20)18-8-7-13-4-2-3-9-23-13/h5-6,10,13,19H,2-4,7-9,11H2,1H3,(H,18,20)/t13-/m0/s1. The number of rotatable bonds is 7. The average molecular weight is 358 g/mol. The molecule has 0 aromatic heterocycles. The first-order valence-electron chi connectivity index (χ1n) is 8.02. The average Bonchev–Trinajstić information content (AvgIpc) is 2.56. The minimum absolute atomic E-state index is 0.0650. The molecule has 1 aliphatic heterocycles. The van der Waals surface area contributed by atoms with Gasteiger partial charge in [-0.1, -0.05) is 0 Å². The maximum absolute atomic E-state index is 13.2. The summed E-state index contributed by atoms with van der Waals surface area (Å²) in [4.78, 5) is 11.7. The lowest BCUT2D eigenvalue weighted by Gasteiger charge is -2.22. The van der Waals surface area contributed by atoms with Crippen LogP contribution in [0.1, 0.15) is 31.2 Å². The minimum Gasteiger partial charge on any atom is -0.378 e. The van der Waals surface area contributed by atoms with Crippen LogP contribution in [0, 0.1) is 12.7 Å². The van der Waals surface area contributed by atoms with Gasteiger partial charge in [-0.2, -0.15) is 0 Å². The molecule has 2 rings (SSSR count). The monoisotopic (exact) mass is 358 g/mol. The molecule has 1 amide bonds. The molecule has 134 valence electrons. The largest absolute Gasteiger partial charge is 0.378 e. The predicted octanol–water partition coefficient (Wildman–Crippen LogP) is 1.49. The molecule has 1 saturated heterocycles. The number of hydrogen-bond donors (Lipinski definition) is 2. The fourth-order valence-corrected chi connectivity index (χ4v) is 3.57. The highest BCUT2D eigenvalue weighted by Gasteiger charge is 2.17. The van der Waals surface area contributed by atoms with Gasteiger partial charge in [-0.25, -0.2) is 17.5 Å². The lowest BCUT2D eigenvalue weighted by Crippen LogP contribution is -2.38. The van der Waals surface area contributed by atoms with Crippen LogP contribution in [-0.4, -0.2) is 40.1 Å². The van der Waals surface area contributed by atoms with Crippen LogP contribution in [0.4, 0.5) is 4.39 Å². The lowest BCUT2D eigenvalue weighted by atomic mass is 10.1. The molecule has 1 fully saturated rings. The van der Waals surface area contributed by atoms with Crippen molar-refractivity contribution >= 4 is 15.9 Å². The summed E-state index contributed by atoms with van der Waals surface area (Å²) in [5, 5.41) is 2.67. The van der Waals surface area contributed by atoms with Crippen molar-refractivity contribution in [3.05, 3.63) is 29.6 Å². The van der Waals surface area contributed by atoms with Crippen molar-refractivity contribution in [1.29, 1.82) is 0 Å². The number of benzene rings is 1. The van der Waals surface area contributed by atoms with Crippen molar-refractivity contribution in [2.75, 3.05) is 19.7 Å². The molecule has 0 aliphatic carbocycles. The molecule has 0 bridgehead atoms. The molecule has 1 atom stereocenters. The van der Waals surface area contributed by atoms with E-state index in [0.717, 1.165) is 38.4 Å². The van der Waals surface area contributed by atoms with E-state index in [4.69, 9.17) is 4.74 Å². The molecule has 6 nitrogen and oxygen atoms in total. The molecule has 2 N–H and O–H groups in total. The molecule has 1 aromatic rings. The molecule has 1 heterocycles. The quantitative estimate of drug-likeness (QED) is 0.773. The van der Waals surface area contributed by atoms with Gasteiger partial charge in [-0.05, 0) is 56.4 Å². The summed E-state index contributed by atoms with van der Waals surface area (Å²) >= 11 is 0. The smallest absolute Gasteiger partial charge is 0.241 e. The van der Waals surface area contributed by atoms with Gasteiger partial charge < -0.3 is 10.1 Å². The zero-order chi connectivity index (χ0) is 17.6. The van der Waals surface area contributed by atoms with Crippen LogP contribution in [-0.2, 0) is 19.6 Å². The van der Waals surface area contributed by atoms with Gasteiger partial charge >= 0.3 is 0 Å². The van der Waals surface area contributed by atoms with E-state index < -0.39 is 21.7 Å². The van der Waals surface area contributed by atoms with Crippen molar-refractivity contribution in [3.8, 4) is 0 Å². The van der Waals surface area contributed by atoms with Crippen LogP contribution in [0.15, 0.2) is 23.1 Å². The van der Waals surface area contributed by atoms with E-state index in [2.05, 4.69) is 10.0 Å². The second kappa shape index (κ2) is 8.55. The summed E-state index contributed by atoms with van der Waals surface area (Å²) in [6, 6.07) is 3.49. The third-order valence-electron chi connectivity index (χ3n) is 3.92. The molecule has 0 radical (unpaired) electrons. The van der Waals surface area contributed by atoms with Crippen LogP contribution in [0.2, 0.25) is 0 Å². The Morgan fingerprint density at radius 2 is 2.17 bits per heavy atom. The number of aryl methyl sites for hydroxylation is 1. The summed E-state index contributed by atoms with van der Waals surface area (Å²) in [5.41, 5.74) is 0.231. The number of sulfonamides is 1. The SMILES string of the molecule is Cc1cc(S(=O)(=O)NCC(=O)NCC[C@@H]2CCCCO2)ccc1F. The Bertz CT molecular complexity index is 673. The topological polar surface area (TPSA) is 84.5 Å². The Morgan fingerprint density at radius 3 is 2.83 bits per heavy atom. The predicted molar refractivity (Wildman–Crippen MR) is 87.5 cm³/mol. The van der Waals surface area contributed by atoms with Crippen LogP contribution >= 0.6 is 0 Å². The Kier molecular flexibility index (Phi) is 6.70. The number of carbonyl (C=O) groups is 1. The highest BCUT2D eigenvalue weighted by molar-refractivity contribution is 7.89. The molecular formula is C16H23FN2O4S. The van der Waals surface area contributed by atoms with Gasteiger partial charge in [-0.15, -0.1) is 0 Å². The van der Waals surface area contributed by atoms with E-state index in [1.807, 2.05) is 0 Å². The Labute approximate surface area is 141 Å². The van der Waals surface area contributed by atoms with Crippen molar-refractivity contribution < 1.29 is 22.3 Å². The van der Waals surface area contributed by atoms with Crippen LogP contribution in [0.3, 0.4) is 0 Å². The number of carbonyl (C=O) groups excluding carboxylic acids is 1. The Morgan fingerprint density at radius 1 is 1.38 bits per heavy atom. The second-order valence-corrected chi connectivity index (χ2v) is 7.63. The van der Waals surface area contributed by atoms with Crippen molar-refractivity contribution in [2.45, 2.75) is 43.6 Å². The van der Waals surface area contributed by atoms with Crippen LogP contribution < -0.4 is 10.0 Å². The molecule has 0 saturated carbocycles. The van der Waals surface area contributed by atoms with Gasteiger partial charge in [0.25, 0.3) is 0 Å². The van der Waals surface area contributed by atoms with Gasteiger partial charge in [0.1, 0.15) is 5.82 Å². The maximum atomic E-state index is 13.2. The van der Waals surface area contributed by atoms with E-state index >= 15 is 0 Å². The van der Waals surface area contributed by atoms with E-state index in [9.17, 15) is 17.6 Å². The number of halogens is 1. The Hall–Kier alpha value is -1.51. The third-order valence-corrected chi connectivity index (χ3v) is 5.32. The van der Waals surface area contributed by atoms with Crippen molar-refractivity contribution in [3.63, 3.8) is 0 Å². The molecule has 0 spiro atoms. The summed E-state index contributed by atoms with van der Waals surface area (Å²) in [6.45, 7) is 2.33. The van der Waals surface area contributed by atoms with Crippen molar-refractivity contribution in [2.24, 2.45) is 0 Å². The molecule has 1 aromatic carbocycles. The summed E-state index contributed by atoms with van der Waals surface area (Å²) in [5.74, 6) is -0.884. The van der Waals surface area contributed by atoms with Crippen LogP contribution in [0.25, 0.3) is 0 Å². The van der Waals surface area contributed by atoms with Gasteiger partial charge in [0.05, 0.1) is 17.5 Å². The maximum Gasteiger partial charge on any atom is 0.241 e. The van der Waals surface area contributed by atoms with E-state index in [0.29, 0.717) is 6.54 Å². The summed E-state index contributed by atoms with van der Waals surface area (Å²) in [6.07, 6.45) is 4.09. The second-order valence-electron chi connectivity index (χ2n) is 5.86. The van der Waals surface area contributed by atoms with Gasteiger partial charge in [0, 0.05) is 13.2 Å². The highest BCUT2D eigenvalue weighted by Crippen LogP contribution is 2.15. The molecular weight excluding hydrogens is 335 g/mol. The van der Waals surface area contributed by atoms with Gasteiger partial charge in [-0.3, -0.25) is 4.79 Å². The summed E-state index contributed by atoms with van der Waals surface area (Å²) in [7, 11) is -3.84. The van der Waals surface area contributed by atoms with Crippen LogP contribution in [0.5, 0.6) is 0 Å². The number of hydrogen-bond acceptors (Lipinski definition) is 4. The first kappa shape index (κ1) is 18.8. The first-order valence-corrected chi connectivity index (χ1v) is 9.51. The molecule has 24 heavy (non-hydrogen) atoms. The van der Waals surface area contributed by atoms with Crippen molar-refractivity contribution in [1.82, 2.24) is 10.0 Å². The first-order chi connectivity index (χ1) is 11.4. The normalized spacial score (nSPS) is 18.3. The zero-order valence-electron chi connectivity index (χ0n) is 13.7. The fourth-order valence-electron chi connectivity index (χ4n) is 2.50. The molecule has 8 heteroatoms. The number of nitrogens with one attached hydrogen (secondary N) is 2. The highest BCUT2D eigenvalue weighted by atomic mass is 32.2. The van der Waals surface area contributed by atoms with E-state index in [-0.39, 0.29) is 23.1 Å². The minimum atomic E-state index is -3.84. The van der Waals surface area contributed by atoms with Gasteiger partial charge in [0.15, 0.2) is 0 Å². The zero-order valence-corrected chi connectivity index (χ0v) is 14.5. The fraction of sp³-hybridized carbons (Fsp3) is 0.562. The molecule has 1 aliphatic rings. The summed E-state index contributed by atoms with van der Waals surface area (Å²) < 4.78 is 45.2. The van der Waals surface area contributed by atoms with E-state index in [1.54, 1.807) is 0 Å². The van der Waals surface area contributed by atoms with Gasteiger partial charge in [0.2, 0.25) is 15.9 Å². The third kappa shape index (κ3) is 5.54. The molecule has 0 unspecified atom stereocenters. The number of ether oxygens (including phenoxy) is 1.